The molecule has 3 amide bonds. The molecule has 0 aliphatic carbocycles. The number of rotatable bonds is 14. The van der Waals surface area contributed by atoms with E-state index in [2.05, 4.69) is 10.1 Å². The average Bonchev–Trinajstić information content (AvgIpc) is 3.14. The lowest BCUT2D eigenvalue weighted by molar-refractivity contribution is -0.146. The lowest BCUT2D eigenvalue weighted by Gasteiger charge is -2.43. The molecule has 0 aromatic heterocycles. The largest absolute Gasteiger partial charge is 0.459 e. The van der Waals surface area contributed by atoms with Gasteiger partial charge in [-0.15, -0.1) is 0 Å². The molecule has 14 heteroatoms. The first-order chi connectivity index (χ1) is 25.0. The molecule has 10 nitrogen and oxygen atoms in total. The highest BCUT2D eigenvalue weighted by Gasteiger charge is 2.34. The number of carbonyl (C=O) groups excluding carboxylic acids is 3. The molecule has 0 N–H and O–H groups in total. The number of nitrogens with zero attached hydrogens (tertiary/aromatic N) is 5. The summed E-state index contributed by atoms with van der Waals surface area (Å²) in [5.41, 5.74) is 2.85. The van der Waals surface area contributed by atoms with Crippen LogP contribution >= 0.6 is 46.4 Å². The van der Waals surface area contributed by atoms with Gasteiger partial charge in [-0.05, 0) is 73.7 Å². The number of piperidine rings is 1. The van der Waals surface area contributed by atoms with Crippen molar-refractivity contribution < 1.29 is 24.0 Å². The number of oxime groups is 1. The molecular formula is C38H43Cl4N5O5. The molecule has 2 fully saturated rings. The van der Waals surface area contributed by atoms with Crippen molar-refractivity contribution >= 4 is 70.0 Å². The predicted molar refractivity (Wildman–Crippen MR) is 206 cm³/mol. The monoisotopic (exact) mass is 789 g/mol. The second kappa shape index (κ2) is 19.0. The van der Waals surface area contributed by atoms with Crippen LogP contribution < -0.4 is 0 Å². The van der Waals surface area contributed by atoms with Gasteiger partial charge in [-0.25, -0.2) is 4.79 Å². The Kier molecular flexibility index (Phi) is 14.5. The van der Waals surface area contributed by atoms with Gasteiger partial charge in [0, 0.05) is 50.7 Å². The van der Waals surface area contributed by atoms with Crippen molar-refractivity contribution in [2.24, 2.45) is 5.16 Å². The number of ether oxygens (including phenoxy) is 1. The van der Waals surface area contributed by atoms with Gasteiger partial charge >= 0.3 is 12.0 Å². The van der Waals surface area contributed by atoms with Crippen molar-refractivity contribution in [3.05, 3.63) is 104 Å². The Morgan fingerprint density at radius 1 is 0.904 bits per heavy atom. The molecule has 3 aromatic rings. The van der Waals surface area contributed by atoms with Gasteiger partial charge in [-0.3, -0.25) is 9.59 Å². The van der Waals surface area contributed by atoms with Crippen LogP contribution in [0, 0.1) is 0 Å². The van der Waals surface area contributed by atoms with E-state index in [-0.39, 0.29) is 43.6 Å². The maximum absolute atomic E-state index is 13.5. The fourth-order valence-electron chi connectivity index (χ4n) is 6.74. The summed E-state index contributed by atoms with van der Waals surface area (Å²) in [6.45, 7) is 3.85. The Balaban J connectivity index is 1.19. The zero-order chi connectivity index (χ0) is 37.2. The Labute approximate surface area is 325 Å². The molecule has 3 aromatic carbocycles. The van der Waals surface area contributed by atoms with Gasteiger partial charge in [0.25, 0.3) is 5.91 Å². The maximum Gasteiger partial charge on any atom is 0.326 e. The van der Waals surface area contributed by atoms with Gasteiger partial charge in [0.05, 0.1) is 32.3 Å². The van der Waals surface area contributed by atoms with Crippen molar-refractivity contribution in [1.82, 2.24) is 19.6 Å². The van der Waals surface area contributed by atoms with E-state index in [0.717, 1.165) is 50.0 Å². The van der Waals surface area contributed by atoms with Gasteiger partial charge < -0.3 is 29.2 Å². The Morgan fingerprint density at radius 3 is 2.27 bits per heavy atom. The van der Waals surface area contributed by atoms with Gasteiger partial charge in [-0.2, -0.15) is 0 Å². The molecule has 0 spiro atoms. The minimum Gasteiger partial charge on any atom is -0.459 e. The van der Waals surface area contributed by atoms with Crippen LogP contribution in [-0.2, 0) is 21.0 Å². The Hall–Kier alpha value is -3.54. The Morgan fingerprint density at radius 2 is 1.60 bits per heavy atom. The lowest BCUT2D eigenvalue weighted by atomic mass is 9.89. The summed E-state index contributed by atoms with van der Waals surface area (Å²) in [6, 6.07) is 19.8. The van der Waals surface area contributed by atoms with E-state index >= 15 is 0 Å². The van der Waals surface area contributed by atoms with Crippen LogP contribution in [0.4, 0.5) is 4.79 Å². The first-order valence-electron chi connectivity index (χ1n) is 17.3. The van der Waals surface area contributed by atoms with Crippen LogP contribution in [0.5, 0.6) is 0 Å². The van der Waals surface area contributed by atoms with Crippen LogP contribution in [0.15, 0.2) is 71.9 Å². The zero-order valence-corrected chi connectivity index (χ0v) is 32.3. The third-order valence-corrected chi connectivity index (χ3v) is 11.0. The number of urea groups is 1. The van der Waals surface area contributed by atoms with Gasteiger partial charge in [0.1, 0.15) is 20.3 Å². The smallest absolute Gasteiger partial charge is 0.326 e. The highest BCUT2D eigenvalue weighted by molar-refractivity contribution is 6.42. The van der Waals surface area contributed by atoms with Crippen LogP contribution in [0.3, 0.4) is 0 Å². The molecule has 5 rings (SSSR count). The summed E-state index contributed by atoms with van der Waals surface area (Å²) >= 11 is 25.0. The molecule has 2 aliphatic heterocycles. The average molecular weight is 792 g/mol. The molecule has 0 bridgehead atoms. The third kappa shape index (κ3) is 10.5. The second-order valence-electron chi connectivity index (χ2n) is 13.0. The van der Waals surface area contributed by atoms with E-state index < -0.39 is 5.97 Å². The van der Waals surface area contributed by atoms with Crippen molar-refractivity contribution in [3.8, 4) is 0 Å². The summed E-state index contributed by atoms with van der Waals surface area (Å²) in [5.74, 6) is -0.894. The second-order valence-corrected chi connectivity index (χ2v) is 14.7. The fourth-order valence-corrected chi connectivity index (χ4v) is 7.34. The summed E-state index contributed by atoms with van der Waals surface area (Å²) in [5, 5.41) is 5.93. The normalized spacial score (nSPS) is 16.5. The number of esters is 1. The Bertz CT molecular complexity index is 1740. The molecule has 0 saturated carbocycles. The third-order valence-electron chi connectivity index (χ3n) is 9.51. The molecule has 2 saturated heterocycles. The summed E-state index contributed by atoms with van der Waals surface area (Å²) in [4.78, 5) is 52.2. The number of hydrogen-bond acceptors (Lipinski definition) is 7. The lowest BCUT2D eigenvalue weighted by Crippen LogP contribution is -2.56. The van der Waals surface area contributed by atoms with Crippen LogP contribution in [-0.4, -0.2) is 109 Å². The molecule has 52 heavy (non-hydrogen) atoms. The van der Waals surface area contributed by atoms with Gasteiger partial charge in [-0.1, -0.05) is 88.0 Å². The molecule has 0 unspecified atom stereocenters. The summed E-state index contributed by atoms with van der Waals surface area (Å²) in [7, 11) is 3.18. The highest BCUT2D eigenvalue weighted by Crippen LogP contribution is 2.31. The minimum atomic E-state index is -0.410. The van der Waals surface area contributed by atoms with Gasteiger partial charge in [0.15, 0.2) is 0 Å². The molecular weight excluding hydrogens is 748 g/mol. The standard InChI is InChI=1S/C38H43Cl4N5O5/c1-44(37(49)28-10-12-32(40)34(42)22-28)23-35(43-51-2)30(27-9-11-31(39)33(41)21-27)15-20-45-18-13-29(14-19-45)47-17-6-16-46(38(47)50)24-36(48)52-25-26-7-4-3-5-8-26/h3-5,7-12,21-22,29-30H,6,13-20,23-25H2,1-2H3/b43-35-/t30-/m1/s1. The molecule has 1 atom stereocenters. The SMILES string of the molecule is CO/N=C(/CN(C)C(=O)c1ccc(Cl)c(Cl)c1)[C@H](CCN1CCC(N2CCCN(CC(=O)OCc3ccccc3)C2=O)CC1)c1ccc(Cl)c(Cl)c1. The molecule has 2 heterocycles. The van der Waals surface area contributed by atoms with E-state index in [1.165, 1.54) is 7.11 Å². The maximum atomic E-state index is 13.5. The van der Waals surface area contributed by atoms with Crippen molar-refractivity contribution in [2.45, 2.75) is 44.2 Å². The van der Waals surface area contributed by atoms with E-state index in [9.17, 15) is 14.4 Å². The van der Waals surface area contributed by atoms with Crippen LogP contribution in [0.1, 0.15) is 53.1 Å². The number of carbonyl (C=O) groups is 3. The quantitative estimate of drug-likeness (QED) is 0.0938. The number of amides is 3. The predicted octanol–water partition coefficient (Wildman–Crippen LogP) is 7.88. The van der Waals surface area contributed by atoms with Gasteiger partial charge in [0.2, 0.25) is 0 Å². The number of hydrogen-bond donors (Lipinski definition) is 0. The van der Waals surface area contributed by atoms with E-state index in [1.54, 1.807) is 41.1 Å². The van der Waals surface area contributed by atoms with E-state index in [1.807, 2.05) is 47.4 Å². The van der Waals surface area contributed by atoms with Crippen LogP contribution in [0.2, 0.25) is 20.1 Å². The first kappa shape index (κ1) is 39.7. The van der Waals surface area contributed by atoms with Crippen molar-refractivity contribution in [3.63, 3.8) is 0 Å². The number of benzene rings is 3. The van der Waals surface area contributed by atoms with Crippen molar-refractivity contribution in [1.29, 1.82) is 0 Å². The van der Waals surface area contributed by atoms with E-state index in [0.29, 0.717) is 50.9 Å². The highest BCUT2D eigenvalue weighted by atomic mass is 35.5. The molecule has 278 valence electrons. The fraction of sp³-hybridized carbons (Fsp3) is 0.421. The number of halogens is 4. The molecule has 2 aliphatic rings. The molecule has 0 radical (unpaired) electrons. The summed E-state index contributed by atoms with van der Waals surface area (Å²) in [6.07, 6.45) is 3.10. The zero-order valence-electron chi connectivity index (χ0n) is 29.3. The first-order valence-corrected chi connectivity index (χ1v) is 18.8. The van der Waals surface area contributed by atoms with Crippen LogP contribution in [0.25, 0.3) is 0 Å². The number of likely N-dealkylation sites (tertiary alicyclic amines) is 1. The summed E-state index contributed by atoms with van der Waals surface area (Å²) < 4.78 is 5.44. The van der Waals surface area contributed by atoms with Crippen molar-refractivity contribution in [2.75, 3.05) is 60.0 Å². The topological polar surface area (TPSA) is 95.0 Å². The minimum absolute atomic E-state index is 0.0588. The van der Waals surface area contributed by atoms with E-state index in [4.69, 9.17) is 56.0 Å².